The van der Waals surface area contributed by atoms with E-state index in [2.05, 4.69) is 104 Å². The van der Waals surface area contributed by atoms with Gasteiger partial charge in [-0.3, -0.25) is 0 Å². The Morgan fingerprint density at radius 2 is 0.816 bits per heavy atom. The smallest absolute Gasteiger partial charge is 0.493 e. The molecule has 1 aliphatic heterocycles. The van der Waals surface area contributed by atoms with E-state index in [1.54, 1.807) is 4.70 Å². The second kappa shape index (κ2) is 30.8. The summed E-state index contributed by atoms with van der Waals surface area (Å²) in [6, 6.07) is 18.0. The number of benzene rings is 2. The van der Waals surface area contributed by atoms with Crippen molar-refractivity contribution >= 4 is 11.4 Å². The minimum absolute atomic E-state index is 0. The van der Waals surface area contributed by atoms with Gasteiger partial charge >= 0.3 is 16.5 Å². The maximum absolute atomic E-state index is 12.0. The van der Waals surface area contributed by atoms with Crippen LogP contribution < -0.4 is 0 Å². The predicted molar refractivity (Wildman–Crippen MR) is 215 cm³/mol. The largest absolute Gasteiger partial charge is 2.00 e. The van der Waals surface area contributed by atoms with Gasteiger partial charge in [-0.15, -0.1) is 0 Å². The van der Waals surface area contributed by atoms with Crippen molar-refractivity contribution in [1.29, 1.82) is 0 Å². The molecule has 0 aliphatic carbocycles. The van der Waals surface area contributed by atoms with Gasteiger partial charge in [-0.2, -0.15) is 12.8 Å². The molecule has 49 heavy (non-hydrogen) atoms. The molecule has 1 heterocycles. The quantitative estimate of drug-likeness (QED) is 0.0502. The first-order valence-electron chi connectivity index (χ1n) is 20.2. The Kier molecular flexibility index (Phi) is 29.6. The Bertz CT molecular complexity index is 1180. The van der Waals surface area contributed by atoms with Gasteiger partial charge in [0.2, 0.25) is 11.4 Å². The summed E-state index contributed by atoms with van der Waals surface area (Å²) >= 11 is 0. The molecule has 2 aromatic carbocycles. The van der Waals surface area contributed by atoms with Crippen LogP contribution in [0.25, 0.3) is 16.9 Å². The van der Waals surface area contributed by atoms with Gasteiger partial charge in [0.25, 0.3) is 0 Å². The van der Waals surface area contributed by atoms with Crippen molar-refractivity contribution in [3.63, 3.8) is 0 Å². The molecule has 2 nitrogen and oxygen atoms in total. The van der Waals surface area contributed by atoms with E-state index in [-0.39, 0.29) is 16.5 Å². The Morgan fingerprint density at radius 3 is 1.18 bits per heavy atom. The van der Waals surface area contributed by atoms with Gasteiger partial charge in [0, 0.05) is 22.3 Å². The van der Waals surface area contributed by atoms with Crippen molar-refractivity contribution in [2.75, 3.05) is 0 Å². The molecule has 0 amide bonds. The molecule has 0 N–H and O–H groups in total. The molecule has 0 radical (unpaired) electrons. The van der Waals surface area contributed by atoms with Crippen LogP contribution in [0.3, 0.4) is 0 Å². The average Bonchev–Trinajstić information content (AvgIpc) is 3.40. The summed E-state index contributed by atoms with van der Waals surface area (Å²) in [6.07, 6.45) is 26.3. The van der Waals surface area contributed by atoms with Crippen LogP contribution in [0, 0.1) is 13.8 Å². The van der Waals surface area contributed by atoms with Gasteiger partial charge in [0.15, 0.2) is 0 Å². The van der Waals surface area contributed by atoms with Crippen molar-refractivity contribution in [3.05, 3.63) is 101 Å². The second-order valence-electron chi connectivity index (χ2n) is 13.6. The Labute approximate surface area is 315 Å². The zero-order chi connectivity index (χ0) is 35.4. The zero-order valence-corrected chi connectivity index (χ0v) is 33.8. The van der Waals surface area contributed by atoms with Crippen LogP contribution in [-0.4, -0.2) is 4.70 Å². The van der Waals surface area contributed by atoms with E-state index < -0.39 is 0 Å². The number of nitrogens with zero attached hydrogens (tertiary/aromatic N) is 2. The summed E-state index contributed by atoms with van der Waals surface area (Å²) < 4.78 is 1.58. The van der Waals surface area contributed by atoms with Crippen LogP contribution in [0.4, 0.5) is 0 Å². The van der Waals surface area contributed by atoms with E-state index in [4.69, 9.17) is 0 Å². The maximum Gasteiger partial charge on any atom is 2.00 e. The molecule has 0 saturated heterocycles. The Hall–Kier alpha value is -1.99. The first-order chi connectivity index (χ1) is 23.5. The van der Waals surface area contributed by atoms with Crippen LogP contribution in [0.5, 0.6) is 0 Å². The summed E-state index contributed by atoms with van der Waals surface area (Å²) in [5, 5.41) is 0. The molecule has 278 valence electrons. The molecule has 0 atom stereocenters. The molecule has 1 aliphatic rings. The van der Waals surface area contributed by atoms with Crippen molar-refractivity contribution in [2.24, 2.45) is 0 Å². The molecular formula is C46H74N2Ni. The standard InChI is InChI=1S/C38H56N2.2C4H9.Ni/c1-5-9-13-15-16-18-28-36-35(27-17-14-10-6-2)37(33-25-19-23-31(29-33)21-11-7-3)40(39)38(36)34-26-20-24-32(30-34)22-12-8-4;2*1-3-4-2;/h19-20,23-26,29-30H,5-18,21-22,27-28H2,1-4H3;2*1,3-4H2,2H3;/q;2*-1;+2. The molecule has 3 rings (SSSR count). The first-order valence-corrected chi connectivity index (χ1v) is 20.2. The van der Waals surface area contributed by atoms with Gasteiger partial charge < -0.3 is 19.4 Å². The van der Waals surface area contributed by atoms with E-state index in [9.17, 15) is 5.53 Å². The van der Waals surface area contributed by atoms with Crippen LogP contribution in [-0.2, 0) is 29.3 Å². The minimum Gasteiger partial charge on any atom is -0.493 e. The molecule has 0 aromatic heterocycles. The normalized spacial score (nSPS) is 12.4. The van der Waals surface area contributed by atoms with E-state index in [0.717, 1.165) is 49.9 Å². The zero-order valence-electron chi connectivity index (χ0n) is 32.8. The number of unbranched alkanes of at least 4 members (excludes halogenated alkanes) is 12. The van der Waals surface area contributed by atoms with Gasteiger partial charge in [0.05, 0.1) is 0 Å². The SMILES string of the molecule is CCCCCCCCC1=C(c2cccc(CCCC)c2)[N+](=[N-])C(c2cccc(CCCC)c2)=C1CCCCCC.[CH2-]CCC.[CH2-]CCC.[Ni+2]. The fraction of sp³-hybridized carbons (Fsp3) is 0.609. The summed E-state index contributed by atoms with van der Waals surface area (Å²) in [7, 11) is 0. The average molecular weight is 714 g/mol. The van der Waals surface area contributed by atoms with E-state index in [0.29, 0.717) is 0 Å². The summed E-state index contributed by atoms with van der Waals surface area (Å²) in [5.74, 6) is 0. The number of hydrogen-bond acceptors (Lipinski definition) is 0. The van der Waals surface area contributed by atoms with Crippen molar-refractivity contribution in [1.82, 2.24) is 0 Å². The number of rotatable bonds is 22. The number of hydrogen-bond donors (Lipinski definition) is 0. The van der Waals surface area contributed by atoms with Gasteiger partial charge in [0.1, 0.15) is 0 Å². The summed E-state index contributed by atoms with van der Waals surface area (Å²) in [6.45, 7) is 20.5. The third-order valence-electron chi connectivity index (χ3n) is 9.17. The maximum atomic E-state index is 12.0. The topological polar surface area (TPSA) is 25.3 Å². The van der Waals surface area contributed by atoms with E-state index >= 15 is 0 Å². The molecular weight excluding hydrogens is 639 g/mol. The third kappa shape index (κ3) is 18.2. The Balaban J connectivity index is 0.00000230. The fourth-order valence-electron chi connectivity index (χ4n) is 6.11. The van der Waals surface area contributed by atoms with Crippen LogP contribution in [0.1, 0.15) is 192 Å². The monoisotopic (exact) mass is 713 g/mol. The van der Waals surface area contributed by atoms with E-state index in [1.807, 2.05) is 0 Å². The third-order valence-corrected chi connectivity index (χ3v) is 9.17. The van der Waals surface area contributed by atoms with Gasteiger partial charge in [-0.1, -0.05) is 143 Å². The van der Waals surface area contributed by atoms with Gasteiger partial charge in [-0.25, -0.2) is 4.70 Å². The first kappa shape index (κ1) is 47.0. The number of allylic oxidation sites excluding steroid dienone is 2. The molecule has 0 bridgehead atoms. The molecule has 0 fully saturated rings. The fourth-order valence-corrected chi connectivity index (χ4v) is 6.11. The van der Waals surface area contributed by atoms with Crippen molar-refractivity contribution in [3.8, 4) is 0 Å². The molecule has 0 saturated carbocycles. The van der Waals surface area contributed by atoms with E-state index in [1.165, 1.54) is 136 Å². The molecule has 2 aromatic rings. The number of aryl methyl sites for hydroxylation is 2. The minimum atomic E-state index is 0. The van der Waals surface area contributed by atoms with Crippen molar-refractivity contribution < 1.29 is 21.2 Å². The van der Waals surface area contributed by atoms with Crippen LogP contribution >= 0.6 is 0 Å². The summed E-state index contributed by atoms with van der Waals surface area (Å²) in [5.41, 5.74) is 21.9. The molecule has 3 heteroatoms. The van der Waals surface area contributed by atoms with Crippen molar-refractivity contribution in [2.45, 2.75) is 183 Å². The van der Waals surface area contributed by atoms with Crippen LogP contribution in [0.2, 0.25) is 0 Å². The molecule has 0 spiro atoms. The van der Waals surface area contributed by atoms with Gasteiger partial charge in [-0.05, 0) is 86.8 Å². The predicted octanol–water partition coefficient (Wildman–Crippen LogP) is 15.5. The Morgan fingerprint density at radius 1 is 0.469 bits per heavy atom. The molecule has 0 unspecified atom stereocenters. The summed E-state index contributed by atoms with van der Waals surface area (Å²) in [4.78, 5) is 0. The second-order valence-corrected chi connectivity index (χ2v) is 13.6. The van der Waals surface area contributed by atoms with Crippen LogP contribution in [0.15, 0.2) is 59.7 Å².